The quantitative estimate of drug-likeness (QED) is 0.801. The summed E-state index contributed by atoms with van der Waals surface area (Å²) in [6, 6.07) is 0. The van der Waals surface area contributed by atoms with E-state index < -0.39 is 11.9 Å². The highest BCUT2D eigenvalue weighted by Crippen LogP contribution is 2.32. The molecule has 0 radical (unpaired) electrons. The van der Waals surface area contributed by atoms with Crippen molar-refractivity contribution in [2.24, 2.45) is 5.92 Å². The summed E-state index contributed by atoms with van der Waals surface area (Å²) in [4.78, 5) is 0. The molecule has 0 aromatic carbocycles. The Hall–Kier alpha value is -1.07. The number of hydrogen-bond acceptors (Lipinski definition) is 2. The van der Waals surface area contributed by atoms with Gasteiger partial charge in [0.05, 0.1) is 5.69 Å². The predicted molar refractivity (Wildman–Crippen MR) is 58.5 cm³/mol. The molecule has 0 unspecified atom stereocenters. The summed E-state index contributed by atoms with van der Waals surface area (Å²) in [7, 11) is 0. The third kappa shape index (κ3) is 3.71. The van der Waals surface area contributed by atoms with Crippen LogP contribution < -0.4 is 0 Å². The maximum Gasteiger partial charge on any atom is 0.434 e. The van der Waals surface area contributed by atoms with Gasteiger partial charge in [0.2, 0.25) is 0 Å². The van der Waals surface area contributed by atoms with Crippen molar-refractivity contribution < 1.29 is 13.2 Å². The second-order valence-corrected chi connectivity index (χ2v) is 4.56. The highest BCUT2D eigenvalue weighted by molar-refractivity contribution is 5.14. The summed E-state index contributed by atoms with van der Waals surface area (Å²) >= 11 is 0. The number of unbranched alkanes of at least 4 members (excludes halogenated alkanes) is 1. The number of hydrogen-bond donors (Lipinski definition) is 0. The van der Waals surface area contributed by atoms with Gasteiger partial charge < -0.3 is 0 Å². The second kappa shape index (κ2) is 5.51. The average Bonchev–Trinajstić information content (AvgIpc) is 2.56. The molecule has 0 aliphatic carbocycles. The zero-order valence-corrected chi connectivity index (χ0v) is 10.4. The number of aromatic nitrogens is 3. The van der Waals surface area contributed by atoms with Gasteiger partial charge in [0.1, 0.15) is 0 Å². The molecule has 1 aromatic heterocycles. The largest absolute Gasteiger partial charge is 0.434 e. The standard InChI is InChI=1S/C11H18F3N3/c1-4-5-6-17-10(11(12,13)14)9(15-16-17)7-8(2)3/h8H,4-7H2,1-3H3. The molecule has 17 heavy (non-hydrogen) atoms. The van der Waals surface area contributed by atoms with Crippen LogP contribution in [0.2, 0.25) is 0 Å². The third-order valence-corrected chi connectivity index (χ3v) is 2.40. The van der Waals surface area contributed by atoms with Crippen molar-refractivity contribution in [1.29, 1.82) is 0 Å². The fourth-order valence-corrected chi connectivity index (χ4v) is 1.65. The lowest BCUT2D eigenvalue weighted by Crippen LogP contribution is -2.17. The van der Waals surface area contributed by atoms with Crippen molar-refractivity contribution in [2.75, 3.05) is 0 Å². The molecule has 1 heterocycles. The van der Waals surface area contributed by atoms with E-state index in [0.717, 1.165) is 11.1 Å². The van der Waals surface area contributed by atoms with Crippen molar-refractivity contribution in [3.8, 4) is 0 Å². The van der Waals surface area contributed by atoms with E-state index in [1.54, 1.807) is 0 Å². The van der Waals surface area contributed by atoms with Gasteiger partial charge in [-0.15, -0.1) is 5.10 Å². The summed E-state index contributed by atoms with van der Waals surface area (Å²) < 4.78 is 39.7. The van der Waals surface area contributed by atoms with Crippen LogP contribution in [0.3, 0.4) is 0 Å². The van der Waals surface area contributed by atoms with E-state index in [9.17, 15) is 13.2 Å². The monoisotopic (exact) mass is 249 g/mol. The molecule has 0 aliphatic heterocycles. The number of aryl methyl sites for hydroxylation is 1. The molecule has 0 spiro atoms. The van der Waals surface area contributed by atoms with Crippen molar-refractivity contribution in [1.82, 2.24) is 15.0 Å². The highest BCUT2D eigenvalue weighted by Gasteiger charge is 2.39. The highest BCUT2D eigenvalue weighted by atomic mass is 19.4. The SMILES string of the molecule is CCCCn1nnc(CC(C)C)c1C(F)(F)F. The number of rotatable bonds is 5. The van der Waals surface area contributed by atoms with Crippen LogP contribution in [0.4, 0.5) is 13.2 Å². The van der Waals surface area contributed by atoms with Gasteiger partial charge >= 0.3 is 6.18 Å². The number of halogens is 3. The molecule has 0 bridgehead atoms. The lowest BCUT2D eigenvalue weighted by Gasteiger charge is -2.11. The van der Waals surface area contributed by atoms with E-state index in [1.807, 2.05) is 20.8 Å². The lowest BCUT2D eigenvalue weighted by atomic mass is 10.1. The van der Waals surface area contributed by atoms with Gasteiger partial charge in [-0.25, -0.2) is 4.68 Å². The Balaban J connectivity index is 3.02. The molecular formula is C11H18F3N3. The molecule has 0 amide bonds. The second-order valence-electron chi connectivity index (χ2n) is 4.56. The first-order chi connectivity index (χ1) is 7.86. The van der Waals surface area contributed by atoms with E-state index >= 15 is 0 Å². The minimum absolute atomic E-state index is 0.0589. The van der Waals surface area contributed by atoms with Crippen LogP contribution in [-0.4, -0.2) is 15.0 Å². The summed E-state index contributed by atoms with van der Waals surface area (Å²) in [5.41, 5.74) is -0.622. The fraction of sp³-hybridized carbons (Fsp3) is 0.818. The van der Waals surface area contributed by atoms with Gasteiger partial charge in [0.25, 0.3) is 0 Å². The van der Waals surface area contributed by atoms with E-state index in [0.29, 0.717) is 12.8 Å². The van der Waals surface area contributed by atoms with Gasteiger partial charge in [-0.3, -0.25) is 0 Å². The summed E-state index contributed by atoms with van der Waals surface area (Å²) in [5, 5.41) is 7.29. The van der Waals surface area contributed by atoms with Crippen molar-refractivity contribution in [3.05, 3.63) is 11.4 Å². The molecule has 98 valence electrons. The maximum absolute atomic E-state index is 12.9. The predicted octanol–water partition coefficient (Wildman–Crippen LogP) is 3.30. The summed E-state index contributed by atoms with van der Waals surface area (Å²) in [6.45, 7) is 5.94. The lowest BCUT2D eigenvalue weighted by molar-refractivity contribution is -0.145. The van der Waals surface area contributed by atoms with Gasteiger partial charge in [-0.1, -0.05) is 32.4 Å². The Morgan fingerprint density at radius 2 is 1.94 bits per heavy atom. The Bertz CT molecular complexity index is 355. The van der Waals surface area contributed by atoms with Crippen molar-refractivity contribution in [3.63, 3.8) is 0 Å². The molecule has 0 saturated heterocycles. The Morgan fingerprint density at radius 1 is 1.29 bits per heavy atom. The molecule has 3 nitrogen and oxygen atoms in total. The zero-order chi connectivity index (χ0) is 13.1. The first kappa shape index (κ1) is 14.0. The molecule has 0 atom stereocenters. The van der Waals surface area contributed by atoms with E-state index in [-0.39, 0.29) is 18.2 Å². The first-order valence-corrected chi connectivity index (χ1v) is 5.85. The van der Waals surface area contributed by atoms with Crippen LogP contribution in [0.1, 0.15) is 45.0 Å². The van der Waals surface area contributed by atoms with E-state index in [1.165, 1.54) is 0 Å². The number of nitrogens with zero attached hydrogens (tertiary/aromatic N) is 3. The maximum atomic E-state index is 12.9. The summed E-state index contributed by atoms with van der Waals surface area (Å²) in [6.07, 6.45) is -2.56. The Kier molecular flexibility index (Phi) is 4.54. The molecule has 0 N–H and O–H groups in total. The van der Waals surface area contributed by atoms with Gasteiger partial charge in [0, 0.05) is 6.54 Å². The van der Waals surface area contributed by atoms with Crippen molar-refractivity contribution >= 4 is 0 Å². The fourth-order valence-electron chi connectivity index (χ4n) is 1.65. The third-order valence-electron chi connectivity index (χ3n) is 2.40. The van der Waals surface area contributed by atoms with E-state index in [2.05, 4.69) is 10.3 Å². The van der Waals surface area contributed by atoms with Crippen LogP contribution in [0.25, 0.3) is 0 Å². The molecular weight excluding hydrogens is 231 g/mol. The molecule has 0 fully saturated rings. The molecule has 0 aliphatic rings. The molecule has 6 heteroatoms. The van der Waals surface area contributed by atoms with Crippen LogP contribution in [0, 0.1) is 5.92 Å². The Morgan fingerprint density at radius 3 is 2.41 bits per heavy atom. The normalized spacial score (nSPS) is 12.4. The molecule has 1 rings (SSSR count). The topological polar surface area (TPSA) is 30.7 Å². The minimum atomic E-state index is -4.37. The zero-order valence-electron chi connectivity index (χ0n) is 10.4. The number of alkyl halides is 3. The molecule has 0 saturated carbocycles. The average molecular weight is 249 g/mol. The van der Waals surface area contributed by atoms with Gasteiger partial charge in [-0.2, -0.15) is 13.2 Å². The Labute approximate surface area is 99.0 Å². The van der Waals surface area contributed by atoms with Crippen LogP contribution in [-0.2, 0) is 19.1 Å². The molecule has 1 aromatic rings. The van der Waals surface area contributed by atoms with Crippen LogP contribution in [0.15, 0.2) is 0 Å². The minimum Gasteiger partial charge on any atom is -0.240 e. The van der Waals surface area contributed by atoms with Gasteiger partial charge in [-0.05, 0) is 18.8 Å². The van der Waals surface area contributed by atoms with Crippen LogP contribution in [0.5, 0.6) is 0 Å². The first-order valence-electron chi connectivity index (χ1n) is 5.85. The summed E-state index contributed by atoms with van der Waals surface area (Å²) in [5.74, 6) is 0.132. The smallest absolute Gasteiger partial charge is 0.240 e. The van der Waals surface area contributed by atoms with E-state index in [4.69, 9.17) is 0 Å². The van der Waals surface area contributed by atoms with Crippen molar-refractivity contribution in [2.45, 2.75) is 52.8 Å². The van der Waals surface area contributed by atoms with Gasteiger partial charge in [0.15, 0.2) is 5.69 Å². The van der Waals surface area contributed by atoms with Crippen LogP contribution >= 0.6 is 0 Å².